The van der Waals surface area contributed by atoms with Crippen molar-refractivity contribution in [2.24, 2.45) is 7.05 Å². The predicted octanol–water partition coefficient (Wildman–Crippen LogP) is 2.49. The Labute approximate surface area is 107 Å². The van der Waals surface area contributed by atoms with Gasteiger partial charge in [0.15, 0.2) is 0 Å². The molecule has 4 heteroatoms. The molecule has 1 N–H and O–H groups in total. The van der Waals surface area contributed by atoms with Crippen LogP contribution in [0.25, 0.3) is 11.1 Å². The quantitative estimate of drug-likeness (QED) is 0.880. The van der Waals surface area contributed by atoms with E-state index in [0.717, 1.165) is 24.4 Å². The SMILES string of the molecule is CCc1nn(C)cc1-c1ccoc1CNC1CC1. The lowest BCUT2D eigenvalue weighted by Gasteiger charge is -2.03. The molecule has 2 aromatic rings. The van der Waals surface area contributed by atoms with Crippen molar-refractivity contribution in [3.05, 3.63) is 30.0 Å². The molecule has 2 aromatic heterocycles. The van der Waals surface area contributed by atoms with Gasteiger partial charge in [0, 0.05) is 30.4 Å². The fourth-order valence-electron chi connectivity index (χ4n) is 2.26. The number of hydrogen-bond acceptors (Lipinski definition) is 3. The summed E-state index contributed by atoms with van der Waals surface area (Å²) in [6, 6.07) is 2.74. The van der Waals surface area contributed by atoms with E-state index in [1.807, 2.05) is 17.8 Å². The van der Waals surface area contributed by atoms with Gasteiger partial charge in [-0.15, -0.1) is 0 Å². The van der Waals surface area contributed by atoms with Crippen molar-refractivity contribution < 1.29 is 4.42 Å². The largest absolute Gasteiger partial charge is 0.467 e. The fourth-order valence-corrected chi connectivity index (χ4v) is 2.26. The molecule has 0 saturated heterocycles. The van der Waals surface area contributed by atoms with Crippen molar-refractivity contribution in [3.8, 4) is 11.1 Å². The molecule has 1 fully saturated rings. The van der Waals surface area contributed by atoms with Crippen molar-refractivity contribution in [2.75, 3.05) is 0 Å². The van der Waals surface area contributed by atoms with Gasteiger partial charge in [-0.2, -0.15) is 5.10 Å². The molecule has 0 unspecified atom stereocenters. The monoisotopic (exact) mass is 245 g/mol. The number of aryl methyl sites for hydroxylation is 2. The summed E-state index contributed by atoms with van der Waals surface area (Å²) in [5.41, 5.74) is 3.50. The van der Waals surface area contributed by atoms with Crippen LogP contribution in [0.1, 0.15) is 31.2 Å². The third kappa shape index (κ3) is 2.20. The number of nitrogens with one attached hydrogen (secondary N) is 1. The van der Waals surface area contributed by atoms with Gasteiger partial charge < -0.3 is 9.73 Å². The highest BCUT2D eigenvalue weighted by Gasteiger charge is 2.22. The zero-order valence-corrected chi connectivity index (χ0v) is 10.9. The van der Waals surface area contributed by atoms with E-state index in [0.29, 0.717) is 6.04 Å². The summed E-state index contributed by atoms with van der Waals surface area (Å²) < 4.78 is 7.48. The van der Waals surface area contributed by atoms with Gasteiger partial charge in [-0.25, -0.2) is 0 Å². The van der Waals surface area contributed by atoms with Crippen LogP contribution < -0.4 is 5.32 Å². The van der Waals surface area contributed by atoms with Crippen LogP contribution in [0.2, 0.25) is 0 Å². The van der Waals surface area contributed by atoms with Gasteiger partial charge in [-0.1, -0.05) is 6.92 Å². The highest BCUT2D eigenvalue weighted by atomic mass is 16.3. The molecule has 1 aliphatic carbocycles. The van der Waals surface area contributed by atoms with Gasteiger partial charge in [0.25, 0.3) is 0 Å². The maximum Gasteiger partial charge on any atom is 0.125 e. The molecule has 0 aromatic carbocycles. The first-order chi connectivity index (χ1) is 8.78. The molecule has 1 saturated carbocycles. The van der Waals surface area contributed by atoms with Crippen molar-refractivity contribution in [1.29, 1.82) is 0 Å². The van der Waals surface area contributed by atoms with Crippen LogP contribution in [-0.2, 0) is 20.0 Å². The van der Waals surface area contributed by atoms with Crippen molar-refractivity contribution >= 4 is 0 Å². The Morgan fingerprint density at radius 2 is 2.28 bits per heavy atom. The first kappa shape index (κ1) is 11.5. The Kier molecular flexibility index (Phi) is 2.96. The maximum absolute atomic E-state index is 5.61. The van der Waals surface area contributed by atoms with Crippen LogP contribution >= 0.6 is 0 Å². The number of aromatic nitrogens is 2. The molecule has 0 spiro atoms. The Bertz CT molecular complexity index is 537. The highest BCUT2D eigenvalue weighted by Crippen LogP contribution is 2.29. The van der Waals surface area contributed by atoms with Crippen LogP contribution in [0.15, 0.2) is 22.9 Å². The summed E-state index contributed by atoms with van der Waals surface area (Å²) in [6.07, 6.45) is 7.37. The first-order valence-electron chi connectivity index (χ1n) is 6.60. The lowest BCUT2D eigenvalue weighted by Crippen LogP contribution is -2.15. The minimum atomic E-state index is 0.697. The Morgan fingerprint density at radius 1 is 1.44 bits per heavy atom. The lowest BCUT2D eigenvalue weighted by molar-refractivity contribution is 0.483. The van der Waals surface area contributed by atoms with Crippen LogP contribution in [0.4, 0.5) is 0 Å². The number of rotatable bonds is 5. The third-order valence-electron chi connectivity index (χ3n) is 3.40. The van der Waals surface area contributed by atoms with Crippen molar-refractivity contribution in [1.82, 2.24) is 15.1 Å². The molecule has 18 heavy (non-hydrogen) atoms. The molecule has 3 rings (SSSR count). The number of furan rings is 1. The second-order valence-electron chi connectivity index (χ2n) is 4.93. The lowest BCUT2D eigenvalue weighted by atomic mass is 10.1. The average molecular weight is 245 g/mol. The van der Waals surface area contributed by atoms with Gasteiger partial charge >= 0.3 is 0 Å². The van der Waals surface area contributed by atoms with E-state index in [9.17, 15) is 0 Å². The molecule has 0 aliphatic heterocycles. The van der Waals surface area contributed by atoms with E-state index < -0.39 is 0 Å². The molecular weight excluding hydrogens is 226 g/mol. The summed E-state index contributed by atoms with van der Waals surface area (Å²) in [5, 5.41) is 7.98. The molecular formula is C14H19N3O. The molecule has 96 valence electrons. The van der Waals surface area contributed by atoms with E-state index in [1.54, 1.807) is 6.26 Å². The van der Waals surface area contributed by atoms with E-state index >= 15 is 0 Å². The van der Waals surface area contributed by atoms with Crippen LogP contribution in [0.5, 0.6) is 0 Å². The summed E-state index contributed by atoms with van der Waals surface area (Å²) in [5.74, 6) is 1.02. The Hall–Kier alpha value is -1.55. The fraction of sp³-hybridized carbons (Fsp3) is 0.500. The Morgan fingerprint density at radius 3 is 3.00 bits per heavy atom. The maximum atomic E-state index is 5.61. The molecule has 1 aliphatic rings. The van der Waals surface area contributed by atoms with Gasteiger partial charge in [-0.3, -0.25) is 4.68 Å². The standard InChI is InChI=1S/C14H19N3O/c1-3-13-12(9-17(2)16-13)11-6-7-18-14(11)8-15-10-4-5-10/h6-7,9-10,15H,3-5,8H2,1-2H3. The molecule has 4 nitrogen and oxygen atoms in total. The third-order valence-corrected chi connectivity index (χ3v) is 3.40. The molecule has 0 atom stereocenters. The summed E-state index contributed by atoms with van der Waals surface area (Å²) in [6.45, 7) is 2.94. The zero-order chi connectivity index (χ0) is 12.5. The molecule has 0 amide bonds. The van der Waals surface area contributed by atoms with Gasteiger partial charge in [-0.05, 0) is 25.3 Å². The zero-order valence-electron chi connectivity index (χ0n) is 10.9. The highest BCUT2D eigenvalue weighted by molar-refractivity contribution is 5.67. The van der Waals surface area contributed by atoms with Gasteiger partial charge in [0.1, 0.15) is 5.76 Å². The van der Waals surface area contributed by atoms with E-state index in [4.69, 9.17) is 4.42 Å². The number of hydrogen-bond donors (Lipinski definition) is 1. The summed E-state index contributed by atoms with van der Waals surface area (Å²) in [4.78, 5) is 0. The van der Waals surface area contributed by atoms with E-state index in [2.05, 4.69) is 23.5 Å². The predicted molar refractivity (Wildman–Crippen MR) is 70.1 cm³/mol. The molecule has 0 bridgehead atoms. The average Bonchev–Trinajstić information content (AvgIpc) is 2.95. The smallest absolute Gasteiger partial charge is 0.125 e. The second-order valence-corrected chi connectivity index (χ2v) is 4.93. The minimum absolute atomic E-state index is 0.697. The minimum Gasteiger partial charge on any atom is -0.467 e. The Balaban J connectivity index is 1.87. The van der Waals surface area contributed by atoms with Crippen molar-refractivity contribution in [2.45, 2.75) is 38.8 Å². The van der Waals surface area contributed by atoms with Gasteiger partial charge in [0.05, 0.1) is 18.5 Å². The molecule has 2 heterocycles. The topological polar surface area (TPSA) is 43.0 Å². The normalized spacial score (nSPS) is 15.2. The summed E-state index contributed by atoms with van der Waals surface area (Å²) >= 11 is 0. The van der Waals surface area contributed by atoms with Crippen LogP contribution in [0.3, 0.4) is 0 Å². The van der Waals surface area contributed by atoms with Crippen molar-refractivity contribution in [3.63, 3.8) is 0 Å². The van der Waals surface area contributed by atoms with Gasteiger partial charge in [0.2, 0.25) is 0 Å². The van der Waals surface area contributed by atoms with E-state index in [1.165, 1.54) is 24.0 Å². The molecule has 0 radical (unpaired) electrons. The number of nitrogens with zero attached hydrogens (tertiary/aromatic N) is 2. The second kappa shape index (κ2) is 4.61. The first-order valence-corrected chi connectivity index (χ1v) is 6.60. The summed E-state index contributed by atoms with van der Waals surface area (Å²) in [7, 11) is 1.96. The van der Waals surface area contributed by atoms with E-state index in [-0.39, 0.29) is 0 Å². The van der Waals surface area contributed by atoms with Crippen LogP contribution in [-0.4, -0.2) is 15.8 Å². The van der Waals surface area contributed by atoms with Crippen LogP contribution in [0, 0.1) is 0 Å².